The monoisotopic (exact) mass is 321 g/mol. The molecule has 7 heteroatoms. The molecule has 3 aromatic heterocycles. The first-order valence-corrected chi connectivity index (χ1v) is 8.08. The lowest BCUT2D eigenvalue weighted by Crippen LogP contribution is -2.43. The smallest absolute Gasteiger partial charge is 0.158 e. The number of rotatable bonds is 3. The van der Waals surface area contributed by atoms with E-state index in [9.17, 15) is 0 Å². The molecule has 1 aliphatic heterocycles. The molecule has 0 spiro atoms. The lowest BCUT2D eigenvalue weighted by Gasteiger charge is -2.33. The second-order valence-electron chi connectivity index (χ2n) is 5.95. The molecule has 0 amide bonds. The molecule has 0 radical (unpaired) electrons. The van der Waals surface area contributed by atoms with E-state index in [2.05, 4.69) is 30.2 Å². The van der Waals surface area contributed by atoms with Crippen LogP contribution in [0.5, 0.6) is 0 Å². The molecule has 24 heavy (non-hydrogen) atoms. The van der Waals surface area contributed by atoms with Crippen LogP contribution in [0, 0.1) is 0 Å². The fourth-order valence-corrected chi connectivity index (χ4v) is 3.10. The molecule has 1 fully saturated rings. The molecule has 1 unspecified atom stereocenters. The zero-order valence-electron chi connectivity index (χ0n) is 13.3. The van der Waals surface area contributed by atoms with Crippen molar-refractivity contribution < 1.29 is 0 Å². The van der Waals surface area contributed by atoms with Gasteiger partial charge in [0.15, 0.2) is 5.82 Å². The molecule has 4 heterocycles. The van der Waals surface area contributed by atoms with Crippen LogP contribution < -0.4 is 16.0 Å². The zero-order chi connectivity index (χ0) is 16.4. The third-order valence-electron chi connectivity index (χ3n) is 4.24. The number of pyridine rings is 2. The molecular formula is C17H19N7. The Hall–Kier alpha value is -2.80. The van der Waals surface area contributed by atoms with Crippen molar-refractivity contribution >= 4 is 28.2 Å². The Morgan fingerprint density at radius 1 is 1.08 bits per heavy atom. The minimum Gasteiger partial charge on any atom is -0.368 e. The van der Waals surface area contributed by atoms with Crippen molar-refractivity contribution in [2.45, 2.75) is 18.9 Å². The van der Waals surface area contributed by atoms with E-state index in [0.717, 1.165) is 48.3 Å². The van der Waals surface area contributed by atoms with Crippen molar-refractivity contribution in [3.63, 3.8) is 0 Å². The molecule has 3 aromatic rings. The third kappa shape index (κ3) is 2.85. The third-order valence-corrected chi connectivity index (χ3v) is 4.24. The van der Waals surface area contributed by atoms with Gasteiger partial charge >= 0.3 is 0 Å². The number of nitrogens with one attached hydrogen (secondary N) is 1. The molecule has 3 N–H and O–H groups in total. The fraction of sp³-hybridized carbons (Fsp3) is 0.294. The van der Waals surface area contributed by atoms with Gasteiger partial charge in [-0.25, -0.2) is 9.97 Å². The van der Waals surface area contributed by atoms with Crippen LogP contribution in [0.2, 0.25) is 0 Å². The van der Waals surface area contributed by atoms with Gasteiger partial charge in [0.25, 0.3) is 0 Å². The molecule has 4 rings (SSSR count). The van der Waals surface area contributed by atoms with Crippen molar-refractivity contribution in [3.8, 4) is 0 Å². The zero-order valence-corrected chi connectivity index (χ0v) is 13.3. The van der Waals surface area contributed by atoms with Gasteiger partial charge in [-0.15, -0.1) is 0 Å². The number of nitrogens with two attached hydrogens (primary N) is 1. The number of aromatic nitrogens is 4. The highest BCUT2D eigenvalue weighted by molar-refractivity contribution is 5.88. The lowest BCUT2D eigenvalue weighted by atomic mass is 10.1. The SMILES string of the molecule is NC1CCCN(c2ccncc2Nc2nccc3nccnc23)C1. The minimum absolute atomic E-state index is 0.210. The molecule has 1 aliphatic rings. The van der Waals surface area contributed by atoms with Gasteiger partial charge in [0.1, 0.15) is 5.52 Å². The van der Waals surface area contributed by atoms with E-state index >= 15 is 0 Å². The van der Waals surface area contributed by atoms with Gasteiger partial charge in [-0.2, -0.15) is 0 Å². The maximum absolute atomic E-state index is 6.13. The Morgan fingerprint density at radius 2 is 2.00 bits per heavy atom. The van der Waals surface area contributed by atoms with Gasteiger partial charge in [-0.05, 0) is 25.0 Å². The summed E-state index contributed by atoms with van der Waals surface area (Å²) in [5, 5.41) is 3.37. The van der Waals surface area contributed by atoms with Crippen LogP contribution in [0.1, 0.15) is 12.8 Å². The number of hydrogen-bond acceptors (Lipinski definition) is 7. The normalized spacial score (nSPS) is 17.9. The van der Waals surface area contributed by atoms with Crippen molar-refractivity contribution in [2.24, 2.45) is 5.73 Å². The highest BCUT2D eigenvalue weighted by Crippen LogP contribution is 2.30. The summed E-state index contributed by atoms with van der Waals surface area (Å²) in [6.07, 6.45) is 10.9. The summed E-state index contributed by atoms with van der Waals surface area (Å²) in [6.45, 7) is 1.84. The van der Waals surface area contributed by atoms with E-state index < -0.39 is 0 Å². The Balaban J connectivity index is 1.70. The fourth-order valence-electron chi connectivity index (χ4n) is 3.10. The molecule has 0 aromatic carbocycles. The highest BCUT2D eigenvalue weighted by Gasteiger charge is 2.19. The lowest BCUT2D eigenvalue weighted by molar-refractivity contribution is 0.506. The standard InChI is InChI=1S/C17H19N7/c18-12-2-1-9-24(11-12)15-4-5-19-10-14(15)23-17-16-13(3-6-22-17)20-7-8-21-16/h3-8,10,12H,1-2,9,11,18H2,(H,22,23). The van der Waals surface area contributed by atoms with Gasteiger partial charge in [-0.3, -0.25) is 9.97 Å². The molecule has 122 valence electrons. The first kappa shape index (κ1) is 14.8. The average molecular weight is 321 g/mol. The summed E-state index contributed by atoms with van der Waals surface area (Å²) in [5.74, 6) is 0.677. The topological polar surface area (TPSA) is 92.8 Å². The molecule has 0 bridgehead atoms. The molecular weight excluding hydrogens is 302 g/mol. The predicted molar refractivity (Wildman–Crippen MR) is 94.3 cm³/mol. The van der Waals surface area contributed by atoms with Gasteiger partial charge in [0.05, 0.1) is 23.1 Å². The summed E-state index contributed by atoms with van der Waals surface area (Å²) in [5.41, 5.74) is 9.66. The van der Waals surface area contributed by atoms with Crippen LogP contribution in [0.3, 0.4) is 0 Å². The van der Waals surface area contributed by atoms with Crippen LogP contribution in [-0.2, 0) is 0 Å². The first-order chi connectivity index (χ1) is 11.8. The maximum atomic E-state index is 6.13. The van der Waals surface area contributed by atoms with Crippen LogP contribution in [0.15, 0.2) is 43.1 Å². The summed E-state index contributed by atoms with van der Waals surface area (Å²) in [7, 11) is 0. The van der Waals surface area contributed by atoms with Gasteiger partial charge in [0, 0.05) is 43.9 Å². The maximum Gasteiger partial charge on any atom is 0.158 e. The summed E-state index contributed by atoms with van der Waals surface area (Å²) >= 11 is 0. The Morgan fingerprint density at radius 3 is 2.92 bits per heavy atom. The van der Waals surface area contributed by atoms with Gasteiger partial charge < -0.3 is 16.0 Å². The van der Waals surface area contributed by atoms with E-state index in [-0.39, 0.29) is 6.04 Å². The quantitative estimate of drug-likeness (QED) is 0.763. The summed E-state index contributed by atoms with van der Waals surface area (Å²) in [6, 6.07) is 4.07. The molecule has 0 saturated carbocycles. The number of fused-ring (bicyclic) bond motifs is 1. The van der Waals surface area contributed by atoms with Crippen molar-refractivity contribution in [1.29, 1.82) is 0 Å². The van der Waals surface area contributed by atoms with E-state index in [1.54, 1.807) is 24.8 Å². The Labute approximate surface area is 140 Å². The van der Waals surface area contributed by atoms with E-state index in [4.69, 9.17) is 5.73 Å². The van der Waals surface area contributed by atoms with E-state index in [0.29, 0.717) is 5.82 Å². The second kappa shape index (κ2) is 6.37. The number of hydrogen-bond donors (Lipinski definition) is 2. The molecule has 0 aliphatic carbocycles. The minimum atomic E-state index is 0.210. The van der Waals surface area contributed by atoms with Crippen molar-refractivity contribution in [2.75, 3.05) is 23.3 Å². The Bertz CT molecular complexity index is 846. The molecule has 7 nitrogen and oxygen atoms in total. The van der Waals surface area contributed by atoms with E-state index in [1.807, 2.05) is 18.3 Å². The highest BCUT2D eigenvalue weighted by atomic mass is 15.2. The summed E-state index contributed by atoms with van der Waals surface area (Å²) < 4.78 is 0. The summed E-state index contributed by atoms with van der Waals surface area (Å²) in [4.78, 5) is 19.7. The van der Waals surface area contributed by atoms with E-state index in [1.165, 1.54) is 0 Å². The van der Waals surface area contributed by atoms with Crippen LogP contribution >= 0.6 is 0 Å². The first-order valence-electron chi connectivity index (χ1n) is 8.08. The predicted octanol–water partition coefficient (Wildman–Crippen LogP) is 2.09. The average Bonchev–Trinajstić information content (AvgIpc) is 2.62. The van der Waals surface area contributed by atoms with Crippen molar-refractivity contribution in [3.05, 3.63) is 43.1 Å². The number of piperidine rings is 1. The van der Waals surface area contributed by atoms with Crippen LogP contribution in [-0.4, -0.2) is 39.1 Å². The van der Waals surface area contributed by atoms with Gasteiger partial charge in [-0.1, -0.05) is 0 Å². The van der Waals surface area contributed by atoms with Gasteiger partial charge in [0.2, 0.25) is 0 Å². The molecule has 1 saturated heterocycles. The van der Waals surface area contributed by atoms with Crippen LogP contribution in [0.4, 0.5) is 17.2 Å². The number of nitrogens with zero attached hydrogens (tertiary/aromatic N) is 5. The number of anilines is 3. The van der Waals surface area contributed by atoms with Crippen molar-refractivity contribution in [1.82, 2.24) is 19.9 Å². The molecule has 1 atom stereocenters. The Kier molecular flexibility index (Phi) is 3.92. The van der Waals surface area contributed by atoms with Crippen LogP contribution in [0.25, 0.3) is 11.0 Å². The largest absolute Gasteiger partial charge is 0.368 e. The second-order valence-corrected chi connectivity index (χ2v) is 5.95.